The number of amides is 1. The Morgan fingerprint density at radius 1 is 1.27 bits per heavy atom. The first kappa shape index (κ1) is 20.4. The van der Waals surface area contributed by atoms with Gasteiger partial charge in [-0.2, -0.15) is 5.26 Å². The van der Waals surface area contributed by atoms with E-state index >= 15 is 0 Å². The number of anilines is 1. The fourth-order valence-corrected chi connectivity index (χ4v) is 4.48. The van der Waals surface area contributed by atoms with Gasteiger partial charge in [0.25, 0.3) is 0 Å². The fourth-order valence-electron chi connectivity index (χ4n) is 4.48. The smallest absolute Gasteiger partial charge is 0.237 e. The van der Waals surface area contributed by atoms with Crippen molar-refractivity contribution >= 4 is 22.5 Å². The molecule has 4 rings (SSSR count). The van der Waals surface area contributed by atoms with Crippen LogP contribution >= 0.6 is 0 Å². The van der Waals surface area contributed by atoms with Crippen molar-refractivity contribution in [1.82, 2.24) is 14.8 Å². The molecule has 2 aliphatic heterocycles. The van der Waals surface area contributed by atoms with Crippen LogP contribution in [0.4, 0.5) is 5.69 Å². The number of ether oxygens (including phenoxy) is 1. The minimum Gasteiger partial charge on any atom is -0.492 e. The number of nitrogens with zero attached hydrogens (tertiary/aromatic N) is 4. The molecule has 3 heterocycles. The second-order valence-corrected chi connectivity index (χ2v) is 8.01. The second-order valence-electron chi connectivity index (χ2n) is 8.01. The molecule has 1 aromatic heterocycles. The molecule has 7 nitrogen and oxygen atoms in total. The van der Waals surface area contributed by atoms with E-state index in [4.69, 9.17) is 4.74 Å². The molecular formula is C23H29N5O2. The van der Waals surface area contributed by atoms with Gasteiger partial charge in [0.1, 0.15) is 17.3 Å². The predicted octanol–water partition coefficient (Wildman–Crippen LogP) is 3.02. The van der Waals surface area contributed by atoms with Crippen LogP contribution in [0.25, 0.3) is 10.9 Å². The first-order chi connectivity index (χ1) is 14.7. The number of likely N-dealkylation sites (tertiary alicyclic amines) is 2. The number of aromatic nitrogens is 1. The minimum absolute atomic E-state index is 0.0917. The van der Waals surface area contributed by atoms with E-state index in [0.717, 1.165) is 61.1 Å². The summed E-state index contributed by atoms with van der Waals surface area (Å²) >= 11 is 0. The van der Waals surface area contributed by atoms with Gasteiger partial charge < -0.3 is 15.0 Å². The fraction of sp³-hybridized carbons (Fsp3) is 0.522. The van der Waals surface area contributed by atoms with E-state index in [1.54, 1.807) is 11.1 Å². The van der Waals surface area contributed by atoms with Crippen LogP contribution in [0.15, 0.2) is 30.5 Å². The van der Waals surface area contributed by atoms with E-state index in [0.29, 0.717) is 25.7 Å². The Kier molecular flexibility index (Phi) is 6.34. The Hall–Kier alpha value is -2.85. The van der Waals surface area contributed by atoms with E-state index in [9.17, 15) is 10.1 Å². The third kappa shape index (κ3) is 4.34. The number of hydrogen-bond donors (Lipinski definition) is 1. The van der Waals surface area contributed by atoms with Crippen LogP contribution in [-0.4, -0.2) is 65.6 Å². The average molecular weight is 408 g/mol. The summed E-state index contributed by atoms with van der Waals surface area (Å²) in [7, 11) is 0. The maximum absolute atomic E-state index is 12.6. The van der Waals surface area contributed by atoms with Crippen LogP contribution in [-0.2, 0) is 4.79 Å². The monoisotopic (exact) mass is 407 g/mol. The quantitative estimate of drug-likeness (QED) is 0.793. The molecule has 1 N–H and O–H groups in total. The third-order valence-corrected chi connectivity index (χ3v) is 6.06. The zero-order valence-corrected chi connectivity index (χ0v) is 17.5. The standard InChI is InChI=1S/C23H29N5O2/c1-2-30-21-8-7-20(19-6-3-11-25-23(19)21)26-17-9-13-27(14-10-17)16-22(29)28-12-4-5-18(28)15-24/h3,6-8,11,17-18,26H,2,4-5,9-10,12-14,16H2,1H3/t18-/m0/s1. The van der Waals surface area contributed by atoms with Gasteiger partial charge in [-0.25, -0.2) is 0 Å². The van der Waals surface area contributed by atoms with Gasteiger partial charge in [-0.1, -0.05) is 0 Å². The van der Waals surface area contributed by atoms with Crippen LogP contribution in [0.2, 0.25) is 0 Å². The van der Waals surface area contributed by atoms with Gasteiger partial charge in [0.15, 0.2) is 0 Å². The van der Waals surface area contributed by atoms with Crippen molar-refractivity contribution < 1.29 is 9.53 Å². The normalized spacial score (nSPS) is 20.3. The van der Waals surface area contributed by atoms with Crippen LogP contribution in [0.5, 0.6) is 5.75 Å². The molecule has 2 saturated heterocycles. The molecule has 1 amide bonds. The van der Waals surface area contributed by atoms with E-state index in [2.05, 4.69) is 33.4 Å². The molecule has 2 aromatic rings. The van der Waals surface area contributed by atoms with Gasteiger partial charge in [0.2, 0.25) is 5.91 Å². The average Bonchev–Trinajstić information content (AvgIpc) is 3.26. The number of nitriles is 1. The molecule has 7 heteroatoms. The molecule has 158 valence electrons. The highest BCUT2D eigenvalue weighted by Gasteiger charge is 2.30. The van der Waals surface area contributed by atoms with Gasteiger partial charge in [0.05, 0.1) is 19.2 Å². The van der Waals surface area contributed by atoms with Crippen LogP contribution in [0.1, 0.15) is 32.6 Å². The predicted molar refractivity (Wildman–Crippen MR) is 116 cm³/mol. The van der Waals surface area contributed by atoms with Gasteiger partial charge in [-0.05, 0) is 56.9 Å². The van der Waals surface area contributed by atoms with E-state index < -0.39 is 0 Å². The highest BCUT2D eigenvalue weighted by molar-refractivity contribution is 5.95. The van der Waals surface area contributed by atoms with Crippen molar-refractivity contribution in [3.63, 3.8) is 0 Å². The maximum atomic E-state index is 12.6. The van der Waals surface area contributed by atoms with E-state index in [1.807, 2.05) is 19.1 Å². The van der Waals surface area contributed by atoms with Crippen molar-refractivity contribution in [3.05, 3.63) is 30.5 Å². The Morgan fingerprint density at radius 2 is 2.10 bits per heavy atom. The lowest BCUT2D eigenvalue weighted by Gasteiger charge is -2.33. The lowest BCUT2D eigenvalue weighted by atomic mass is 10.0. The molecule has 0 spiro atoms. The van der Waals surface area contributed by atoms with Gasteiger partial charge in [0, 0.05) is 42.9 Å². The first-order valence-electron chi connectivity index (χ1n) is 10.9. The Bertz CT molecular complexity index is 933. The molecule has 0 unspecified atom stereocenters. The highest BCUT2D eigenvalue weighted by atomic mass is 16.5. The lowest BCUT2D eigenvalue weighted by molar-refractivity contribution is -0.132. The van der Waals surface area contributed by atoms with Crippen molar-refractivity contribution in [2.45, 2.75) is 44.7 Å². The molecule has 1 aromatic carbocycles. The number of piperidine rings is 1. The minimum atomic E-state index is -0.238. The van der Waals surface area contributed by atoms with Crippen LogP contribution < -0.4 is 10.1 Å². The summed E-state index contributed by atoms with van der Waals surface area (Å²) in [6.45, 7) is 5.48. The SMILES string of the molecule is CCOc1ccc(NC2CCN(CC(=O)N3CCC[C@H]3C#N)CC2)c2cccnc12. The number of nitrogens with one attached hydrogen (secondary N) is 1. The van der Waals surface area contributed by atoms with Crippen molar-refractivity contribution in [2.24, 2.45) is 0 Å². The van der Waals surface area contributed by atoms with Crippen LogP contribution in [0, 0.1) is 11.3 Å². The van der Waals surface area contributed by atoms with E-state index in [1.165, 1.54) is 0 Å². The van der Waals surface area contributed by atoms with Gasteiger partial charge in [-0.3, -0.25) is 14.7 Å². The number of pyridine rings is 1. The summed E-state index contributed by atoms with van der Waals surface area (Å²) in [5, 5.41) is 14.0. The molecular weight excluding hydrogens is 378 g/mol. The zero-order valence-electron chi connectivity index (χ0n) is 17.5. The topological polar surface area (TPSA) is 81.5 Å². The molecule has 0 radical (unpaired) electrons. The largest absolute Gasteiger partial charge is 0.492 e. The summed E-state index contributed by atoms with van der Waals surface area (Å²) in [5.74, 6) is 0.901. The van der Waals surface area contributed by atoms with Crippen LogP contribution in [0.3, 0.4) is 0 Å². The molecule has 2 aliphatic rings. The molecule has 0 bridgehead atoms. The maximum Gasteiger partial charge on any atom is 0.237 e. The zero-order chi connectivity index (χ0) is 20.9. The van der Waals surface area contributed by atoms with Gasteiger partial charge >= 0.3 is 0 Å². The number of hydrogen-bond acceptors (Lipinski definition) is 6. The molecule has 0 saturated carbocycles. The molecule has 1 atom stereocenters. The summed E-state index contributed by atoms with van der Waals surface area (Å²) < 4.78 is 5.72. The second kappa shape index (κ2) is 9.31. The first-order valence-corrected chi connectivity index (χ1v) is 10.9. The summed E-state index contributed by atoms with van der Waals surface area (Å²) in [6.07, 6.45) is 5.48. The summed E-state index contributed by atoms with van der Waals surface area (Å²) in [4.78, 5) is 21.1. The lowest BCUT2D eigenvalue weighted by Crippen LogP contribution is -2.46. The van der Waals surface area contributed by atoms with E-state index in [-0.39, 0.29) is 11.9 Å². The molecule has 0 aliphatic carbocycles. The van der Waals surface area contributed by atoms with Crippen molar-refractivity contribution in [2.75, 3.05) is 38.1 Å². The molecule has 30 heavy (non-hydrogen) atoms. The van der Waals surface area contributed by atoms with Crippen molar-refractivity contribution in [3.8, 4) is 11.8 Å². The van der Waals surface area contributed by atoms with Gasteiger partial charge in [-0.15, -0.1) is 0 Å². The molecule has 2 fully saturated rings. The number of carbonyl (C=O) groups excluding carboxylic acids is 1. The number of carbonyl (C=O) groups is 1. The Morgan fingerprint density at radius 3 is 2.87 bits per heavy atom. The summed E-state index contributed by atoms with van der Waals surface area (Å²) in [5.41, 5.74) is 1.95. The Balaban J connectivity index is 1.35. The summed E-state index contributed by atoms with van der Waals surface area (Å²) in [6, 6.07) is 10.4. The number of fused-ring (bicyclic) bond motifs is 1. The Labute approximate surface area is 177 Å². The third-order valence-electron chi connectivity index (χ3n) is 6.06. The number of rotatable bonds is 6. The van der Waals surface area contributed by atoms with Crippen molar-refractivity contribution in [1.29, 1.82) is 5.26 Å². The number of benzene rings is 1. The highest BCUT2D eigenvalue weighted by Crippen LogP contribution is 2.31.